The molecule has 2 aliphatic carbocycles. The number of hydrogen-bond donors (Lipinski definition) is 1. The third-order valence-corrected chi connectivity index (χ3v) is 6.21. The highest BCUT2D eigenvalue weighted by Gasteiger charge is 2.56. The summed E-state index contributed by atoms with van der Waals surface area (Å²) < 4.78 is 10.6. The summed E-state index contributed by atoms with van der Waals surface area (Å²) in [6, 6.07) is 4.18. The number of hydrogen-bond acceptors (Lipinski definition) is 5. The number of rotatable bonds is 2. The minimum atomic E-state index is -0.359. The second-order valence-electron chi connectivity index (χ2n) is 7.17. The number of carbonyl (C=O) groups is 1. The second-order valence-corrected chi connectivity index (χ2v) is 7.17. The first-order valence-corrected chi connectivity index (χ1v) is 8.40. The first-order valence-electron chi connectivity index (χ1n) is 8.40. The summed E-state index contributed by atoms with van der Waals surface area (Å²) in [4.78, 5) is 15.0. The van der Waals surface area contributed by atoms with E-state index in [1.807, 2.05) is 18.2 Å². The maximum atomic E-state index is 12.6. The molecule has 1 fully saturated rings. The molecule has 0 spiro atoms. The minimum Gasteiger partial charge on any atom is -0.504 e. The molecule has 1 aromatic rings. The summed E-state index contributed by atoms with van der Waals surface area (Å²) in [5.41, 5.74) is 1.68. The predicted molar refractivity (Wildman–Crippen MR) is 89.3 cm³/mol. The van der Waals surface area contributed by atoms with Gasteiger partial charge < -0.3 is 19.5 Å². The Bertz CT molecular complexity index is 741. The van der Waals surface area contributed by atoms with Crippen LogP contribution in [-0.4, -0.2) is 49.6 Å². The van der Waals surface area contributed by atoms with Gasteiger partial charge in [0.05, 0.1) is 14.2 Å². The van der Waals surface area contributed by atoms with Crippen molar-refractivity contribution in [1.82, 2.24) is 4.90 Å². The molecule has 24 heavy (non-hydrogen) atoms. The number of likely N-dealkylation sites (tertiary alicyclic amines) is 1. The Morgan fingerprint density at radius 1 is 1.29 bits per heavy atom. The van der Waals surface area contributed by atoms with Gasteiger partial charge in [-0.15, -0.1) is 0 Å². The molecule has 3 aliphatic rings. The summed E-state index contributed by atoms with van der Waals surface area (Å²) in [6.07, 6.45) is 4.08. The summed E-state index contributed by atoms with van der Waals surface area (Å²) in [6.45, 7) is 0.917. The number of likely N-dealkylation sites (N-methyl/N-ethyl adjacent to an activating group) is 1. The van der Waals surface area contributed by atoms with E-state index in [0.717, 1.165) is 30.5 Å². The van der Waals surface area contributed by atoms with Crippen molar-refractivity contribution < 1.29 is 19.4 Å². The molecule has 0 aromatic heterocycles. The standard InChI is InChI=1S/C19H23NO4/c1-20-7-6-19-10-14(21)16(24-3)9-12(19)13(20)8-11-4-5-15(23-2)18(22)17(11)19/h4-5,9,12-13,22H,6-8,10H2,1-3H3/t12?,13-,19+/m1/s1. The van der Waals surface area contributed by atoms with Crippen molar-refractivity contribution in [1.29, 1.82) is 0 Å². The van der Waals surface area contributed by atoms with Crippen LogP contribution in [0.5, 0.6) is 11.5 Å². The molecular weight excluding hydrogens is 306 g/mol. The number of benzene rings is 1. The van der Waals surface area contributed by atoms with Crippen molar-refractivity contribution >= 4 is 5.78 Å². The van der Waals surface area contributed by atoms with Gasteiger partial charge in [0, 0.05) is 29.4 Å². The fourth-order valence-electron chi connectivity index (χ4n) is 5.03. The monoisotopic (exact) mass is 329 g/mol. The number of ether oxygens (including phenoxy) is 2. The number of aromatic hydroxyl groups is 1. The van der Waals surface area contributed by atoms with E-state index in [2.05, 4.69) is 11.9 Å². The highest BCUT2D eigenvalue weighted by molar-refractivity contribution is 5.96. The normalized spacial score (nSPS) is 31.8. The number of allylic oxidation sites excluding steroid dienone is 1. The van der Waals surface area contributed by atoms with E-state index in [4.69, 9.17) is 9.47 Å². The average Bonchev–Trinajstić information content (AvgIpc) is 2.57. The number of methoxy groups -OCH3 is 2. The third-order valence-electron chi connectivity index (χ3n) is 6.21. The van der Waals surface area contributed by atoms with Crippen LogP contribution in [0.3, 0.4) is 0 Å². The van der Waals surface area contributed by atoms with Crippen LogP contribution in [0.2, 0.25) is 0 Å². The number of nitrogens with zero attached hydrogens (tertiary/aromatic N) is 1. The van der Waals surface area contributed by atoms with Gasteiger partial charge in [-0.25, -0.2) is 0 Å². The van der Waals surface area contributed by atoms with Crippen LogP contribution >= 0.6 is 0 Å². The molecule has 1 saturated heterocycles. The van der Waals surface area contributed by atoms with Gasteiger partial charge in [0.1, 0.15) is 0 Å². The van der Waals surface area contributed by atoms with Gasteiger partial charge in [-0.2, -0.15) is 0 Å². The fourth-order valence-corrected chi connectivity index (χ4v) is 5.03. The number of ketones is 1. The van der Waals surface area contributed by atoms with Gasteiger partial charge in [0.2, 0.25) is 0 Å². The zero-order valence-electron chi connectivity index (χ0n) is 14.3. The lowest BCUT2D eigenvalue weighted by Crippen LogP contribution is -2.60. The SMILES string of the molecule is COC1=CC2[C@H]3Cc4ccc(OC)c(O)c4[C@@]2(CCN3C)CC1=O. The predicted octanol–water partition coefficient (Wildman–Crippen LogP) is 2.02. The maximum absolute atomic E-state index is 12.6. The Labute approximate surface area is 141 Å². The molecule has 3 atom stereocenters. The third kappa shape index (κ3) is 1.88. The van der Waals surface area contributed by atoms with E-state index in [1.54, 1.807) is 14.2 Å². The first kappa shape index (κ1) is 15.5. The van der Waals surface area contributed by atoms with Crippen molar-refractivity contribution in [2.75, 3.05) is 27.8 Å². The van der Waals surface area contributed by atoms with Crippen LogP contribution in [0.15, 0.2) is 24.0 Å². The molecule has 4 rings (SSSR count). The summed E-state index contributed by atoms with van der Waals surface area (Å²) >= 11 is 0. The van der Waals surface area contributed by atoms with Crippen LogP contribution in [0, 0.1) is 5.92 Å². The van der Waals surface area contributed by atoms with E-state index in [0.29, 0.717) is 24.0 Å². The summed E-state index contributed by atoms with van der Waals surface area (Å²) in [7, 11) is 5.25. The molecule has 0 saturated carbocycles. The molecule has 128 valence electrons. The topological polar surface area (TPSA) is 59.0 Å². The largest absolute Gasteiger partial charge is 0.504 e. The molecule has 1 aliphatic heterocycles. The van der Waals surface area contributed by atoms with Gasteiger partial charge >= 0.3 is 0 Å². The smallest absolute Gasteiger partial charge is 0.197 e. The van der Waals surface area contributed by atoms with Crippen LogP contribution < -0.4 is 4.74 Å². The van der Waals surface area contributed by atoms with Crippen LogP contribution in [0.1, 0.15) is 24.0 Å². The number of fused-ring (bicyclic) bond motifs is 1. The van der Waals surface area contributed by atoms with E-state index in [1.165, 1.54) is 0 Å². The Hall–Kier alpha value is -2.01. The lowest BCUT2D eigenvalue weighted by molar-refractivity contribution is -0.122. The van der Waals surface area contributed by atoms with Gasteiger partial charge in [0.15, 0.2) is 23.0 Å². The summed E-state index contributed by atoms with van der Waals surface area (Å²) in [5.74, 6) is 1.32. The molecule has 1 heterocycles. The van der Waals surface area contributed by atoms with Crippen LogP contribution in [0.4, 0.5) is 0 Å². The highest BCUT2D eigenvalue weighted by atomic mass is 16.5. The van der Waals surface area contributed by atoms with Gasteiger partial charge in [-0.1, -0.05) is 6.07 Å². The number of carbonyl (C=O) groups excluding carboxylic acids is 1. The van der Waals surface area contributed by atoms with E-state index < -0.39 is 0 Å². The van der Waals surface area contributed by atoms with Crippen LogP contribution in [-0.2, 0) is 21.4 Å². The first-order chi connectivity index (χ1) is 11.5. The molecule has 5 heteroatoms. The molecule has 1 N–H and O–H groups in total. The Morgan fingerprint density at radius 2 is 2.08 bits per heavy atom. The summed E-state index contributed by atoms with van der Waals surface area (Å²) in [5, 5.41) is 10.9. The number of piperidine rings is 1. The van der Waals surface area contributed by atoms with Crippen molar-refractivity contribution in [3.8, 4) is 11.5 Å². The second kappa shape index (κ2) is 5.24. The maximum Gasteiger partial charge on any atom is 0.197 e. The number of phenolic OH excluding ortho intramolecular Hbond substituents is 1. The molecule has 0 amide bonds. The molecule has 1 unspecified atom stereocenters. The van der Waals surface area contributed by atoms with Crippen molar-refractivity contribution in [2.45, 2.75) is 30.7 Å². The molecule has 1 aromatic carbocycles. The van der Waals surface area contributed by atoms with E-state index >= 15 is 0 Å². The minimum absolute atomic E-state index is 0.0205. The van der Waals surface area contributed by atoms with Gasteiger partial charge in [0.25, 0.3) is 0 Å². The average molecular weight is 329 g/mol. The Kier molecular flexibility index (Phi) is 3.39. The number of phenols is 1. The molecular formula is C19H23NO4. The fraction of sp³-hybridized carbons (Fsp3) is 0.526. The van der Waals surface area contributed by atoms with E-state index in [9.17, 15) is 9.90 Å². The zero-order chi connectivity index (χ0) is 17.1. The van der Waals surface area contributed by atoms with E-state index in [-0.39, 0.29) is 22.9 Å². The van der Waals surface area contributed by atoms with Crippen molar-refractivity contribution in [3.05, 3.63) is 35.1 Å². The molecule has 0 radical (unpaired) electrons. The number of Topliss-reactive ketones (excluding diaryl/α,β-unsaturated/α-hetero) is 1. The Morgan fingerprint density at radius 3 is 2.79 bits per heavy atom. The lowest BCUT2D eigenvalue weighted by Gasteiger charge is -2.56. The van der Waals surface area contributed by atoms with Crippen molar-refractivity contribution in [2.24, 2.45) is 5.92 Å². The molecule has 5 nitrogen and oxygen atoms in total. The Balaban J connectivity index is 1.97. The highest BCUT2D eigenvalue weighted by Crippen LogP contribution is 2.57. The van der Waals surface area contributed by atoms with Gasteiger partial charge in [-0.05, 0) is 44.1 Å². The zero-order valence-corrected chi connectivity index (χ0v) is 14.3. The quantitative estimate of drug-likeness (QED) is 0.899. The lowest BCUT2D eigenvalue weighted by atomic mass is 9.53. The van der Waals surface area contributed by atoms with Crippen molar-refractivity contribution in [3.63, 3.8) is 0 Å². The van der Waals surface area contributed by atoms with Crippen LogP contribution in [0.25, 0.3) is 0 Å². The van der Waals surface area contributed by atoms with Gasteiger partial charge in [-0.3, -0.25) is 4.79 Å². The molecule has 2 bridgehead atoms.